The minimum absolute atomic E-state index is 0.384. The first-order valence-corrected chi connectivity index (χ1v) is 4.33. The summed E-state index contributed by atoms with van der Waals surface area (Å²) in [4.78, 5) is 10.8. The van der Waals surface area contributed by atoms with Crippen LogP contribution in [0, 0.1) is 11.8 Å². The summed E-state index contributed by atoms with van der Waals surface area (Å²) in [5.41, 5.74) is -0.496. The van der Waals surface area contributed by atoms with E-state index in [-0.39, 0.29) is 0 Å². The van der Waals surface area contributed by atoms with Crippen LogP contribution in [0.5, 0.6) is 0 Å². The summed E-state index contributed by atoms with van der Waals surface area (Å²) in [5, 5.41) is 0. The Bertz CT molecular complexity index is 204. The molecule has 0 spiro atoms. The molecule has 1 rings (SSSR count). The SMILES string of the molecule is CC#CCOC1(C=O)CCCC1. The maximum Gasteiger partial charge on any atom is 0.151 e. The zero-order valence-electron chi connectivity index (χ0n) is 7.43. The molecule has 0 saturated heterocycles. The lowest BCUT2D eigenvalue weighted by molar-refractivity contribution is -0.128. The molecule has 0 aromatic heterocycles. The molecule has 0 unspecified atom stereocenters. The van der Waals surface area contributed by atoms with Crippen molar-refractivity contribution in [3.05, 3.63) is 0 Å². The summed E-state index contributed by atoms with van der Waals surface area (Å²) in [6.45, 7) is 2.15. The smallest absolute Gasteiger partial charge is 0.151 e. The zero-order chi connectivity index (χ0) is 8.86. The molecular formula is C10H14O2. The van der Waals surface area contributed by atoms with E-state index in [4.69, 9.17) is 4.74 Å². The molecule has 1 saturated carbocycles. The lowest BCUT2D eigenvalue weighted by Gasteiger charge is -2.20. The van der Waals surface area contributed by atoms with Crippen LogP contribution in [0.1, 0.15) is 32.6 Å². The topological polar surface area (TPSA) is 26.3 Å². The van der Waals surface area contributed by atoms with Gasteiger partial charge in [-0.2, -0.15) is 0 Å². The lowest BCUT2D eigenvalue weighted by Crippen LogP contribution is -2.30. The summed E-state index contributed by atoms with van der Waals surface area (Å²) in [6, 6.07) is 0. The molecule has 0 aromatic carbocycles. The van der Waals surface area contributed by atoms with Gasteiger partial charge in [0.25, 0.3) is 0 Å². The van der Waals surface area contributed by atoms with Crippen molar-refractivity contribution in [2.75, 3.05) is 6.61 Å². The minimum atomic E-state index is -0.496. The molecule has 0 atom stereocenters. The summed E-state index contributed by atoms with van der Waals surface area (Å²) in [6.07, 6.45) is 4.86. The molecule has 1 aliphatic carbocycles. The van der Waals surface area contributed by atoms with Crippen LogP contribution in [0.4, 0.5) is 0 Å². The second kappa shape index (κ2) is 4.27. The second-order valence-electron chi connectivity index (χ2n) is 3.11. The number of rotatable bonds is 3. The fourth-order valence-electron chi connectivity index (χ4n) is 1.52. The van der Waals surface area contributed by atoms with Gasteiger partial charge in [-0.05, 0) is 19.8 Å². The molecule has 0 amide bonds. The molecule has 2 heteroatoms. The van der Waals surface area contributed by atoms with Gasteiger partial charge in [0.15, 0.2) is 6.29 Å². The Balaban J connectivity index is 2.42. The van der Waals surface area contributed by atoms with Gasteiger partial charge in [-0.3, -0.25) is 0 Å². The molecule has 0 aromatic rings. The standard InChI is InChI=1S/C10H14O2/c1-2-3-8-12-10(9-11)6-4-5-7-10/h9H,4-8H2,1H3. The first-order valence-electron chi connectivity index (χ1n) is 4.33. The Labute approximate surface area is 73.3 Å². The van der Waals surface area contributed by atoms with Crippen LogP contribution in [-0.2, 0) is 9.53 Å². The van der Waals surface area contributed by atoms with Gasteiger partial charge >= 0.3 is 0 Å². The Hall–Kier alpha value is -0.810. The molecule has 0 heterocycles. The van der Waals surface area contributed by atoms with Crippen molar-refractivity contribution in [2.24, 2.45) is 0 Å². The van der Waals surface area contributed by atoms with Crippen LogP contribution in [-0.4, -0.2) is 18.5 Å². The predicted octanol–water partition coefficient (Wildman–Crippen LogP) is 1.54. The van der Waals surface area contributed by atoms with Crippen LogP contribution >= 0.6 is 0 Å². The van der Waals surface area contributed by atoms with E-state index in [9.17, 15) is 4.79 Å². The third-order valence-electron chi connectivity index (χ3n) is 2.27. The molecule has 0 N–H and O–H groups in total. The zero-order valence-corrected chi connectivity index (χ0v) is 7.43. The molecule has 1 aliphatic rings. The average Bonchev–Trinajstić information content (AvgIpc) is 2.55. The number of carbonyl (C=O) groups is 1. The van der Waals surface area contributed by atoms with E-state index in [1.54, 1.807) is 6.92 Å². The number of hydrogen-bond acceptors (Lipinski definition) is 2. The van der Waals surface area contributed by atoms with Crippen molar-refractivity contribution in [3.63, 3.8) is 0 Å². The normalized spacial score (nSPS) is 19.8. The highest BCUT2D eigenvalue weighted by atomic mass is 16.5. The van der Waals surface area contributed by atoms with Crippen LogP contribution in [0.25, 0.3) is 0 Å². The summed E-state index contributed by atoms with van der Waals surface area (Å²) >= 11 is 0. The van der Waals surface area contributed by atoms with Gasteiger partial charge in [-0.15, -0.1) is 5.92 Å². The highest BCUT2D eigenvalue weighted by molar-refractivity contribution is 5.63. The second-order valence-corrected chi connectivity index (χ2v) is 3.11. The molecule has 12 heavy (non-hydrogen) atoms. The molecule has 0 radical (unpaired) electrons. The third kappa shape index (κ3) is 2.09. The lowest BCUT2D eigenvalue weighted by atomic mass is 10.1. The van der Waals surface area contributed by atoms with E-state index in [1.165, 1.54) is 0 Å². The molecule has 0 bridgehead atoms. The summed E-state index contributed by atoms with van der Waals surface area (Å²) in [5.74, 6) is 5.55. The van der Waals surface area contributed by atoms with E-state index in [2.05, 4.69) is 11.8 Å². The van der Waals surface area contributed by atoms with Crippen LogP contribution in [0.2, 0.25) is 0 Å². The van der Waals surface area contributed by atoms with Crippen molar-refractivity contribution < 1.29 is 9.53 Å². The van der Waals surface area contributed by atoms with E-state index in [1.807, 2.05) is 0 Å². The molecule has 0 aliphatic heterocycles. The monoisotopic (exact) mass is 166 g/mol. The Morgan fingerprint density at radius 2 is 2.17 bits per heavy atom. The fraction of sp³-hybridized carbons (Fsp3) is 0.700. The van der Waals surface area contributed by atoms with Crippen molar-refractivity contribution in [3.8, 4) is 11.8 Å². The number of ether oxygens (including phenoxy) is 1. The van der Waals surface area contributed by atoms with Gasteiger partial charge < -0.3 is 9.53 Å². The first kappa shape index (κ1) is 9.28. The van der Waals surface area contributed by atoms with E-state index in [0.717, 1.165) is 32.0 Å². The van der Waals surface area contributed by atoms with Crippen LogP contribution in [0.3, 0.4) is 0 Å². The maximum absolute atomic E-state index is 10.8. The summed E-state index contributed by atoms with van der Waals surface area (Å²) in [7, 11) is 0. The van der Waals surface area contributed by atoms with Crippen LogP contribution < -0.4 is 0 Å². The molecule has 66 valence electrons. The third-order valence-corrected chi connectivity index (χ3v) is 2.27. The summed E-state index contributed by atoms with van der Waals surface area (Å²) < 4.78 is 5.44. The van der Waals surface area contributed by atoms with Gasteiger partial charge in [0, 0.05) is 0 Å². The van der Waals surface area contributed by atoms with Gasteiger partial charge in [0.1, 0.15) is 12.2 Å². The quantitative estimate of drug-likeness (QED) is 0.469. The van der Waals surface area contributed by atoms with Crippen LogP contribution in [0.15, 0.2) is 0 Å². The molecular weight excluding hydrogens is 152 g/mol. The van der Waals surface area contributed by atoms with Gasteiger partial charge in [-0.25, -0.2) is 0 Å². The average molecular weight is 166 g/mol. The number of hydrogen-bond donors (Lipinski definition) is 0. The number of carbonyl (C=O) groups excluding carboxylic acids is 1. The van der Waals surface area contributed by atoms with Crippen molar-refractivity contribution >= 4 is 6.29 Å². The van der Waals surface area contributed by atoms with Crippen molar-refractivity contribution in [2.45, 2.75) is 38.2 Å². The van der Waals surface area contributed by atoms with Crippen molar-refractivity contribution in [1.29, 1.82) is 0 Å². The first-order chi connectivity index (χ1) is 5.83. The molecule has 1 fully saturated rings. The van der Waals surface area contributed by atoms with Gasteiger partial charge in [-0.1, -0.05) is 18.8 Å². The Kier molecular flexibility index (Phi) is 3.31. The Morgan fingerprint density at radius 3 is 2.67 bits per heavy atom. The van der Waals surface area contributed by atoms with Gasteiger partial charge in [0.2, 0.25) is 0 Å². The highest BCUT2D eigenvalue weighted by Gasteiger charge is 2.34. The maximum atomic E-state index is 10.8. The van der Waals surface area contributed by atoms with E-state index < -0.39 is 5.60 Å². The minimum Gasteiger partial charge on any atom is -0.355 e. The van der Waals surface area contributed by atoms with Crippen molar-refractivity contribution in [1.82, 2.24) is 0 Å². The molecule has 2 nitrogen and oxygen atoms in total. The number of aldehydes is 1. The van der Waals surface area contributed by atoms with E-state index >= 15 is 0 Å². The largest absolute Gasteiger partial charge is 0.355 e. The van der Waals surface area contributed by atoms with Gasteiger partial charge in [0.05, 0.1) is 0 Å². The fourth-order valence-corrected chi connectivity index (χ4v) is 1.52. The highest BCUT2D eigenvalue weighted by Crippen LogP contribution is 2.30. The predicted molar refractivity (Wildman–Crippen MR) is 46.7 cm³/mol. The van der Waals surface area contributed by atoms with E-state index in [0.29, 0.717) is 6.61 Å². The Morgan fingerprint density at radius 1 is 1.50 bits per heavy atom.